The smallest absolute Gasteiger partial charge is 0.251 e. The van der Waals surface area contributed by atoms with Crippen LogP contribution in [0.1, 0.15) is 37.6 Å². The highest BCUT2D eigenvalue weighted by atomic mass is 32.1. The van der Waals surface area contributed by atoms with Crippen LogP contribution in [0.4, 0.5) is 0 Å². The van der Waals surface area contributed by atoms with Gasteiger partial charge in [0.15, 0.2) is 0 Å². The van der Waals surface area contributed by atoms with Gasteiger partial charge in [0, 0.05) is 16.5 Å². The molecule has 0 spiro atoms. The predicted octanol–water partition coefficient (Wildman–Crippen LogP) is 3.14. The molecule has 0 fully saturated rings. The fourth-order valence-corrected chi connectivity index (χ4v) is 1.55. The molecule has 1 N–H and O–H groups in total. The van der Waals surface area contributed by atoms with Gasteiger partial charge in [-0.1, -0.05) is 20.3 Å². The summed E-state index contributed by atoms with van der Waals surface area (Å²) in [5.74, 6) is 0.481. The summed E-state index contributed by atoms with van der Waals surface area (Å²) < 4.78 is 0. The van der Waals surface area contributed by atoms with Crippen LogP contribution in [0, 0.1) is 5.92 Å². The number of hydrogen-bond acceptors (Lipinski definition) is 2. The number of benzene rings is 1. The van der Waals surface area contributed by atoms with Crippen molar-refractivity contribution >= 4 is 18.5 Å². The summed E-state index contributed by atoms with van der Waals surface area (Å²) in [6, 6.07) is 7.44. The van der Waals surface area contributed by atoms with Crippen LogP contribution in [0.5, 0.6) is 0 Å². The minimum Gasteiger partial charge on any atom is -0.349 e. The van der Waals surface area contributed by atoms with Crippen molar-refractivity contribution in [2.75, 3.05) is 0 Å². The third-order valence-corrected chi connectivity index (χ3v) is 3.28. The Morgan fingerprint density at radius 1 is 1.31 bits per heavy atom. The van der Waals surface area contributed by atoms with Crippen LogP contribution in [0.25, 0.3) is 0 Å². The van der Waals surface area contributed by atoms with Crippen LogP contribution in [0.2, 0.25) is 0 Å². The molecule has 0 aliphatic carbocycles. The number of rotatable bonds is 4. The molecule has 0 aromatic heterocycles. The number of carbonyl (C=O) groups is 1. The lowest BCUT2D eigenvalue weighted by Crippen LogP contribution is -2.36. The highest BCUT2D eigenvalue weighted by molar-refractivity contribution is 7.80. The topological polar surface area (TPSA) is 29.1 Å². The lowest BCUT2D eigenvalue weighted by atomic mass is 10.0. The Balaban J connectivity index is 2.62. The molecule has 3 heteroatoms. The number of carbonyl (C=O) groups excluding carboxylic acids is 1. The Morgan fingerprint density at radius 2 is 1.88 bits per heavy atom. The second-order valence-electron chi connectivity index (χ2n) is 4.19. The molecule has 2 nitrogen and oxygen atoms in total. The average molecular weight is 237 g/mol. The zero-order valence-electron chi connectivity index (χ0n) is 10.0. The Hall–Kier alpha value is -0.960. The summed E-state index contributed by atoms with van der Waals surface area (Å²) in [7, 11) is 0. The van der Waals surface area contributed by atoms with Crippen molar-refractivity contribution in [3.8, 4) is 0 Å². The average Bonchev–Trinajstić information content (AvgIpc) is 2.28. The number of thiol groups is 1. The molecule has 0 aliphatic heterocycles. The minimum absolute atomic E-state index is 0.0128. The summed E-state index contributed by atoms with van der Waals surface area (Å²) in [5.41, 5.74) is 0.688. The second-order valence-corrected chi connectivity index (χ2v) is 4.71. The van der Waals surface area contributed by atoms with Crippen LogP contribution in [0.3, 0.4) is 0 Å². The van der Waals surface area contributed by atoms with Crippen LogP contribution < -0.4 is 5.32 Å². The molecule has 88 valence electrons. The zero-order chi connectivity index (χ0) is 12.1. The molecular weight excluding hydrogens is 218 g/mol. The molecule has 0 heterocycles. The predicted molar refractivity (Wildman–Crippen MR) is 70.1 cm³/mol. The van der Waals surface area contributed by atoms with E-state index in [0.717, 1.165) is 11.3 Å². The van der Waals surface area contributed by atoms with Gasteiger partial charge < -0.3 is 5.32 Å². The third-order valence-electron chi connectivity index (χ3n) is 2.99. The minimum atomic E-state index is -0.0128. The van der Waals surface area contributed by atoms with Crippen molar-refractivity contribution < 1.29 is 4.79 Å². The Bertz CT molecular complexity index is 347. The van der Waals surface area contributed by atoms with Crippen LogP contribution in [-0.4, -0.2) is 11.9 Å². The van der Waals surface area contributed by atoms with Crippen LogP contribution >= 0.6 is 12.6 Å². The molecule has 1 amide bonds. The Kier molecular flexibility index (Phi) is 4.87. The molecular formula is C13H19NOS. The summed E-state index contributed by atoms with van der Waals surface area (Å²) in [6.45, 7) is 6.31. The van der Waals surface area contributed by atoms with E-state index in [2.05, 4.69) is 31.8 Å². The monoisotopic (exact) mass is 237 g/mol. The van der Waals surface area contributed by atoms with E-state index in [9.17, 15) is 4.79 Å². The fourth-order valence-electron chi connectivity index (χ4n) is 1.40. The van der Waals surface area contributed by atoms with E-state index in [-0.39, 0.29) is 11.9 Å². The molecule has 1 aromatic carbocycles. The van der Waals surface area contributed by atoms with E-state index in [1.807, 2.05) is 19.1 Å². The van der Waals surface area contributed by atoms with Gasteiger partial charge in [0.1, 0.15) is 0 Å². The van der Waals surface area contributed by atoms with Gasteiger partial charge in [-0.2, -0.15) is 0 Å². The number of amides is 1. The van der Waals surface area contributed by atoms with Crippen LogP contribution in [0.15, 0.2) is 29.2 Å². The fraction of sp³-hybridized carbons (Fsp3) is 0.462. The van der Waals surface area contributed by atoms with E-state index in [1.165, 1.54) is 0 Å². The zero-order valence-corrected chi connectivity index (χ0v) is 10.9. The normalized spacial score (nSPS) is 14.2. The van der Waals surface area contributed by atoms with Gasteiger partial charge in [0.25, 0.3) is 5.91 Å². The lowest BCUT2D eigenvalue weighted by Gasteiger charge is -2.19. The molecule has 1 aromatic rings. The molecule has 2 atom stereocenters. The number of hydrogen-bond donors (Lipinski definition) is 2. The third kappa shape index (κ3) is 3.56. The molecule has 0 saturated heterocycles. The second kappa shape index (κ2) is 5.94. The van der Waals surface area contributed by atoms with Crippen molar-refractivity contribution in [2.24, 2.45) is 5.92 Å². The van der Waals surface area contributed by atoms with Gasteiger partial charge in [-0.25, -0.2) is 0 Å². The summed E-state index contributed by atoms with van der Waals surface area (Å²) in [5, 5.41) is 3.00. The van der Waals surface area contributed by atoms with Crippen molar-refractivity contribution in [1.82, 2.24) is 5.32 Å². The van der Waals surface area contributed by atoms with E-state index in [4.69, 9.17) is 0 Å². The number of nitrogens with one attached hydrogen (secondary N) is 1. The summed E-state index contributed by atoms with van der Waals surface area (Å²) >= 11 is 4.19. The van der Waals surface area contributed by atoms with Crippen molar-refractivity contribution in [3.63, 3.8) is 0 Å². The van der Waals surface area contributed by atoms with Gasteiger partial charge in [0.2, 0.25) is 0 Å². The molecule has 0 saturated carbocycles. The van der Waals surface area contributed by atoms with Crippen molar-refractivity contribution in [2.45, 2.75) is 38.1 Å². The van der Waals surface area contributed by atoms with Gasteiger partial charge in [0.05, 0.1) is 0 Å². The lowest BCUT2D eigenvalue weighted by molar-refractivity contribution is 0.0928. The molecule has 16 heavy (non-hydrogen) atoms. The Morgan fingerprint density at radius 3 is 2.38 bits per heavy atom. The van der Waals surface area contributed by atoms with Crippen molar-refractivity contribution in [1.29, 1.82) is 0 Å². The van der Waals surface area contributed by atoms with Gasteiger partial charge in [-0.15, -0.1) is 12.6 Å². The maximum atomic E-state index is 11.9. The first-order valence-corrected chi connectivity index (χ1v) is 6.09. The standard InChI is InChI=1S/C13H19NOS/c1-4-9(2)10(3)14-13(15)11-5-7-12(16)8-6-11/h5-10,16H,4H2,1-3H3,(H,14,15). The highest BCUT2D eigenvalue weighted by Crippen LogP contribution is 2.10. The molecule has 0 aliphatic rings. The SMILES string of the molecule is CCC(C)C(C)NC(=O)c1ccc(S)cc1. The first-order valence-electron chi connectivity index (χ1n) is 5.64. The highest BCUT2D eigenvalue weighted by Gasteiger charge is 2.13. The van der Waals surface area contributed by atoms with E-state index in [0.29, 0.717) is 11.5 Å². The van der Waals surface area contributed by atoms with E-state index >= 15 is 0 Å². The van der Waals surface area contributed by atoms with Gasteiger partial charge in [-0.05, 0) is 37.1 Å². The van der Waals surface area contributed by atoms with Crippen molar-refractivity contribution in [3.05, 3.63) is 29.8 Å². The van der Waals surface area contributed by atoms with Crippen LogP contribution in [-0.2, 0) is 0 Å². The molecule has 1 rings (SSSR count). The van der Waals surface area contributed by atoms with Gasteiger partial charge >= 0.3 is 0 Å². The molecule has 0 radical (unpaired) electrons. The quantitative estimate of drug-likeness (QED) is 0.774. The maximum Gasteiger partial charge on any atom is 0.251 e. The maximum absolute atomic E-state index is 11.9. The first kappa shape index (κ1) is 13.1. The van der Waals surface area contributed by atoms with Gasteiger partial charge in [-0.3, -0.25) is 4.79 Å². The van der Waals surface area contributed by atoms with E-state index < -0.39 is 0 Å². The molecule has 2 unspecified atom stereocenters. The largest absolute Gasteiger partial charge is 0.349 e. The Labute approximate surface area is 103 Å². The molecule has 0 bridgehead atoms. The summed E-state index contributed by atoms with van der Waals surface area (Å²) in [4.78, 5) is 12.7. The summed E-state index contributed by atoms with van der Waals surface area (Å²) in [6.07, 6.45) is 1.07. The first-order chi connectivity index (χ1) is 7.54. The van der Waals surface area contributed by atoms with E-state index in [1.54, 1.807) is 12.1 Å².